The molecule has 2 amide bonds. The Morgan fingerprint density at radius 3 is 2.48 bits per heavy atom. The molecule has 1 atom stereocenters. The number of rotatable bonds is 6. The minimum absolute atomic E-state index is 0.0412. The van der Waals surface area contributed by atoms with Crippen LogP contribution >= 0.6 is 0 Å². The molecule has 2 aromatic carbocycles. The van der Waals surface area contributed by atoms with E-state index in [0.717, 1.165) is 16.7 Å². The van der Waals surface area contributed by atoms with E-state index in [1.165, 1.54) is 0 Å². The molecule has 1 aromatic heterocycles. The molecule has 0 aliphatic heterocycles. The quantitative estimate of drug-likeness (QED) is 0.725. The number of nitrogens with one attached hydrogen (secondary N) is 2. The van der Waals surface area contributed by atoms with Gasteiger partial charge in [0.2, 0.25) is 0 Å². The molecule has 2 N–H and O–H groups in total. The Hall–Kier alpha value is -3.08. The lowest BCUT2D eigenvalue weighted by atomic mass is 10.1. The average Bonchev–Trinajstić information content (AvgIpc) is 3.15. The highest BCUT2D eigenvalue weighted by Crippen LogP contribution is 2.12. The smallest absolute Gasteiger partial charge is 0.315 e. The van der Waals surface area contributed by atoms with Crippen LogP contribution in [0, 0.1) is 0 Å². The van der Waals surface area contributed by atoms with Crippen molar-refractivity contribution in [3.05, 3.63) is 89.7 Å². The van der Waals surface area contributed by atoms with Gasteiger partial charge in [0.05, 0.1) is 12.6 Å². The van der Waals surface area contributed by atoms with E-state index < -0.39 is 0 Å². The summed E-state index contributed by atoms with van der Waals surface area (Å²) >= 11 is 0. The number of hydrogen-bond donors (Lipinski definition) is 2. The first-order valence-electron chi connectivity index (χ1n) is 8.36. The van der Waals surface area contributed by atoms with Crippen molar-refractivity contribution in [2.75, 3.05) is 0 Å². The van der Waals surface area contributed by atoms with Crippen molar-refractivity contribution in [2.45, 2.75) is 26.1 Å². The van der Waals surface area contributed by atoms with Crippen molar-refractivity contribution in [3.8, 4) is 0 Å². The highest BCUT2D eigenvalue weighted by Gasteiger charge is 2.09. The first-order valence-corrected chi connectivity index (χ1v) is 8.36. The zero-order valence-corrected chi connectivity index (χ0v) is 14.2. The number of benzene rings is 2. The molecule has 25 heavy (non-hydrogen) atoms. The maximum Gasteiger partial charge on any atom is 0.315 e. The Labute approximate surface area is 147 Å². The van der Waals surface area contributed by atoms with Crippen molar-refractivity contribution >= 4 is 6.03 Å². The minimum atomic E-state index is -0.176. The summed E-state index contributed by atoms with van der Waals surface area (Å²) in [6, 6.07) is 19.7. The zero-order chi connectivity index (χ0) is 17.5. The molecular formula is C20H22N4O. The number of aromatic nitrogens is 2. The number of nitrogens with zero attached hydrogens (tertiary/aromatic N) is 2. The van der Waals surface area contributed by atoms with Gasteiger partial charge in [0.15, 0.2) is 0 Å². The highest BCUT2D eigenvalue weighted by molar-refractivity contribution is 5.74. The van der Waals surface area contributed by atoms with E-state index in [2.05, 4.69) is 21.8 Å². The lowest BCUT2D eigenvalue weighted by Crippen LogP contribution is -2.36. The summed E-state index contributed by atoms with van der Waals surface area (Å²) in [7, 11) is 0. The third-order valence-corrected chi connectivity index (χ3v) is 4.10. The van der Waals surface area contributed by atoms with Gasteiger partial charge in [0, 0.05) is 18.9 Å². The van der Waals surface area contributed by atoms with Crippen LogP contribution in [0.5, 0.6) is 0 Å². The Morgan fingerprint density at radius 1 is 1.04 bits per heavy atom. The van der Waals surface area contributed by atoms with Gasteiger partial charge in [-0.1, -0.05) is 54.6 Å². The Bertz CT molecular complexity index is 800. The monoisotopic (exact) mass is 334 g/mol. The van der Waals surface area contributed by atoms with E-state index in [1.54, 1.807) is 6.20 Å². The van der Waals surface area contributed by atoms with Gasteiger partial charge < -0.3 is 10.6 Å². The van der Waals surface area contributed by atoms with Crippen LogP contribution in [0.25, 0.3) is 0 Å². The van der Waals surface area contributed by atoms with Crippen LogP contribution in [-0.2, 0) is 13.1 Å². The van der Waals surface area contributed by atoms with Crippen LogP contribution in [-0.4, -0.2) is 15.8 Å². The van der Waals surface area contributed by atoms with Crippen LogP contribution in [0.3, 0.4) is 0 Å². The van der Waals surface area contributed by atoms with E-state index >= 15 is 0 Å². The average molecular weight is 334 g/mol. The maximum absolute atomic E-state index is 12.2. The van der Waals surface area contributed by atoms with E-state index in [4.69, 9.17) is 0 Å². The highest BCUT2D eigenvalue weighted by atomic mass is 16.2. The molecule has 1 heterocycles. The Kier molecular flexibility index (Phi) is 5.46. The number of amides is 2. The molecule has 0 radical (unpaired) electrons. The second-order valence-corrected chi connectivity index (χ2v) is 5.93. The third-order valence-electron chi connectivity index (χ3n) is 4.10. The molecule has 5 heteroatoms. The standard InChI is InChI=1S/C20H22N4O/c1-16(17-8-3-2-4-9-17)23-20(25)21-14-18-10-5-6-11-19(18)15-24-13-7-12-22-24/h2-13,16H,14-15H2,1H3,(H2,21,23,25). The molecule has 0 saturated carbocycles. The van der Waals surface area contributed by atoms with E-state index in [-0.39, 0.29) is 12.1 Å². The van der Waals surface area contributed by atoms with Crippen LogP contribution in [0.15, 0.2) is 73.1 Å². The Morgan fingerprint density at radius 2 is 1.76 bits per heavy atom. The predicted octanol–water partition coefficient (Wildman–Crippen LogP) is 3.49. The van der Waals surface area contributed by atoms with Gasteiger partial charge >= 0.3 is 6.03 Å². The molecule has 1 unspecified atom stereocenters. The number of carbonyl (C=O) groups is 1. The van der Waals surface area contributed by atoms with Crippen molar-refractivity contribution in [1.82, 2.24) is 20.4 Å². The van der Waals surface area contributed by atoms with Gasteiger partial charge in [-0.15, -0.1) is 0 Å². The third kappa shape index (κ3) is 4.70. The molecule has 3 aromatic rings. The molecule has 0 fully saturated rings. The summed E-state index contributed by atoms with van der Waals surface area (Å²) < 4.78 is 1.87. The summed E-state index contributed by atoms with van der Waals surface area (Å²) in [4.78, 5) is 12.2. The normalized spacial score (nSPS) is 11.7. The fourth-order valence-electron chi connectivity index (χ4n) is 2.70. The fourth-order valence-corrected chi connectivity index (χ4v) is 2.70. The molecule has 0 saturated heterocycles. The molecule has 0 spiro atoms. The molecule has 0 bridgehead atoms. The van der Waals surface area contributed by atoms with Crippen LogP contribution in [0.1, 0.15) is 29.7 Å². The van der Waals surface area contributed by atoms with Crippen molar-refractivity contribution in [3.63, 3.8) is 0 Å². The number of carbonyl (C=O) groups excluding carboxylic acids is 1. The van der Waals surface area contributed by atoms with Crippen LogP contribution in [0.4, 0.5) is 4.79 Å². The molecule has 5 nitrogen and oxygen atoms in total. The van der Waals surface area contributed by atoms with Crippen molar-refractivity contribution < 1.29 is 4.79 Å². The second kappa shape index (κ2) is 8.15. The van der Waals surface area contributed by atoms with Gasteiger partial charge in [0.1, 0.15) is 0 Å². The number of urea groups is 1. The predicted molar refractivity (Wildman–Crippen MR) is 98.0 cm³/mol. The van der Waals surface area contributed by atoms with Crippen molar-refractivity contribution in [2.24, 2.45) is 0 Å². The summed E-state index contributed by atoms with van der Waals surface area (Å²) in [6.45, 7) is 3.14. The summed E-state index contributed by atoms with van der Waals surface area (Å²) in [5, 5.41) is 10.1. The fraction of sp³-hybridized carbons (Fsp3) is 0.200. The lowest BCUT2D eigenvalue weighted by Gasteiger charge is -2.16. The van der Waals surface area contributed by atoms with Gasteiger partial charge in [-0.2, -0.15) is 5.10 Å². The molecule has 3 rings (SSSR count). The van der Waals surface area contributed by atoms with E-state index in [9.17, 15) is 4.79 Å². The minimum Gasteiger partial charge on any atom is -0.334 e. The lowest BCUT2D eigenvalue weighted by molar-refractivity contribution is 0.237. The summed E-state index contributed by atoms with van der Waals surface area (Å²) in [5.41, 5.74) is 3.31. The summed E-state index contributed by atoms with van der Waals surface area (Å²) in [5.74, 6) is 0. The van der Waals surface area contributed by atoms with Gasteiger partial charge in [-0.05, 0) is 29.7 Å². The summed E-state index contributed by atoms with van der Waals surface area (Å²) in [6.07, 6.45) is 3.69. The first-order chi connectivity index (χ1) is 12.2. The van der Waals surface area contributed by atoms with E-state index in [1.807, 2.05) is 72.4 Å². The maximum atomic E-state index is 12.2. The van der Waals surface area contributed by atoms with Crippen LogP contribution in [0.2, 0.25) is 0 Å². The first kappa shape index (κ1) is 16.8. The molecule has 0 aliphatic rings. The van der Waals surface area contributed by atoms with Gasteiger partial charge in [-0.3, -0.25) is 4.68 Å². The molecule has 128 valence electrons. The van der Waals surface area contributed by atoms with Gasteiger partial charge in [0.25, 0.3) is 0 Å². The van der Waals surface area contributed by atoms with Gasteiger partial charge in [-0.25, -0.2) is 4.79 Å². The largest absolute Gasteiger partial charge is 0.334 e. The second-order valence-electron chi connectivity index (χ2n) is 5.93. The van der Waals surface area contributed by atoms with E-state index in [0.29, 0.717) is 13.1 Å². The SMILES string of the molecule is CC(NC(=O)NCc1ccccc1Cn1cccn1)c1ccccc1. The molecule has 0 aliphatic carbocycles. The topological polar surface area (TPSA) is 59.0 Å². The van der Waals surface area contributed by atoms with Crippen molar-refractivity contribution in [1.29, 1.82) is 0 Å². The molecular weight excluding hydrogens is 312 g/mol. The number of hydrogen-bond acceptors (Lipinski definition) is 2. The van der Waals surface area contributed by atoms with Crippen LogP contribution < -0.4 is 10.6 Å². The Balaban J connectivity index is 1.57. The zero-order valence-electron chi connectivity index (χ0n) is 14.2.